The van der Waals surface area contributed by atoms with Gasteiger partial charge in [-0.25, -0.2) is 9.48 Å². The van der Waals surface area contributed by atoms with Crippen molar-refractivity contribution in [1.82, 2.24) is 9.78 Å². The molecule has 2 aromatic heterocycles. The molecule has 1 N–H and O–H groups in total. The van der Waals surface area contributed by atoms with Crippen LogP contribution in [0, 0.1) is 0 Å². The summed E-state index contributed by atoms with van der Waals surface area (Å²) in [5, 5.41) is 4.53. The van der Waals surface area contributed by atoms with Crippen LogP contribution in [0.25, 0.3) is 29.7 Å². The number of ether oxygens (including phenoxy) is 1. The third kappa shape index (κ3) is 4.08. The Kier molecular flexibility index (Phi) is 5.59. The van der Waals surface area contributed by atoms with Crippen LogP contribution < -0.4 is 16.1 Å². The minimum atomic E-state index is -0.541. The highest BCUT2D eigenvalue weighted by Gasteiger charge is 2.14. The van der Waals surface area contributed by atoms with Gasteiger partial charge in [0.25, 0.3) is 5.56 Å². The largest absolute Gasteiger partial charge is 0.465 e. The van der Waals surface area contributed by atoms with Crippen LogP contribution in [0.1, 0.15) is 16.1 Å². The molecule has 0 aliphatic rings. The number of furan rings is 1. The summed E-state index contributed by atoms with van der Waals surface area (Å²) < 4.78 is 12.0. The smallest absolute Gasteiger partial charge is 0.339 e. The van der Waals surface area contributed by atoms with Crippen molar-refractivity contribution in [3.05, 3.63) is 96.9 Å². The quantitative estimate of drug-likeness (QED) is 0.476. The number of carbonyl (C=O) groups excluding carboxylic acids is 1. The maximum Gasteiger partial charge on any atom is 0.339 e. The molecule has 4 rings (SSSR count). The van der Waals surface area contributed by atoms with E-state index in [0.717, 1.165) is 0 Å². The molecule has 0 saturated carbocycles. The van der Waals surface area contributed by atoms with Crippen LogP contribution in [0.3, 0.4) is 0 Å². The molecule has 6 nitrogen and oxygen atoms in total. The monoisotopic (exact) mass is 454 g/mol. The summed E-state index contributed by atoms with van der Waals surface area (Å²) in [6, 6.07) is 15.3. The predicted octanol–water partition coefficient (Wildman–Crippen LogP) is 3.76. The van der Waals surface area contributed by atoms with E-state index in [1.807, 2.05) is 0 Å². The van der Waals surface area contributed by atoms with Crippen molar-refractivity contribution in [3.8, 4) is 17.0 Å². The van der Waals surface area contributed by atoms with Gasteiger partial charge >= 0.3 is 5.97 Å². The van der Waals surface area contributed by atoms with E-state index in [-0.39, 0.29) is 16.1 Å². The van der Waals surface area contributed by atoms with E-state index in [9.17, 15) is 9.59 Å². The van der Waals surface area contributed by atoms with Gasteiger partial charge in [-0.3, -0.25) is 9.89 Å². The summed E-state index contributed by atoms with van der Waals surface area (Å²) >= 11 is 12.1. The number of esters is 1. The highest BCUT2D eigenvalue weighted by atomic mass is 35.5. The maximum atomic E-state index is 12.9. The van der Waals surface area contributed by atoms with Crippen molar-refractivity contribution in [2.24, 2.45) is 0 Å². The average molecular weight is 455 g/mol. The summed E-state index contributed by atoms with van der Waals surface area (Å²) in [7, 11) is 1.29. The van der Waals surface area contributed by atoms with Gasteiger partial charge in [0.2, 0.25) is 0 Å². The number of hydrogen-bond acceptors (Lipinski definition) is 4. The van der Waals surface area contributed by atoms with Gasteiger partial charge in [-0.1, -0.05) is 35.8 Å². The molecule has 0 aliphatic carbocycles. The van der Waals surface area contributed by atoms with Crippen LogP contribution in [0.4, 0.5) is 0 Å². The van der Waals surface area contributed by atoms with Crippen molar-refractivity contribution in [1.29, 1.82) is 0 Å². The third-order valence-electron chi connectivity index (χ3n) is 4.64. The Hall–Kier alpha value is -3.48. The zero-order valence-electron chi connectivity index (χ0n) is 16.3. The molecule has 0 saturated heterocycles. The summed E-state index contributed by atoms with van der Waals surface area (Å²) in [5.41, 5.74) is 1.19. The van der Waals surface area contributed by atoms with Crippen molar-refractivity contribution in [2.75, 3.05) is 7.11 Å². The Bertz CT molecular complexity index is 1460. The lowest BCUT2D eigenvalue weighted by Gasteiger charge is -2.04. The number of hydrogen-bond donors (Lipinski definition) is 1. The SMILES string of the molecule is C=c1[nH]n(-c2cccc(Cl)c2)c(=O)/c1=C\c1ccc(-c2ccc(Cl)c(C(=O)OC)c2)o1. The second-order valence-electron chi connectivity index (χ2n) is 6.66. The number of halogens is 2. The minimum Gasteiger partial charge on any atom is -0.465 e. The molecule has 156 valence electrons. The topological polar surface area (TPSA) is 77.2 Å². The first kappa shape index (κ1) is 20.8. The lowest BCUT2D eigenvalue weighted by Crippen LogP contribution is -2.33. The van der Waals surface area contributed by atoms with E-state index in [1.54, 1.807) is 60.7 Å². The molecule has 0 bridgehead atoms. The highest BCUT2D eigenvalue weighted by molar-refractivity contribution is 6.33. The molecule has 0 amide bonds. The second kappa shape index (κ2) is 8.34. The lowest BCUT2D eigenvalue weighted by atomic mass is 10.1. The molecule has 0 radical (unpaired) electrons. The van der Waals surface area contributed by atoms with E-state index >= 15 is 0 Å². The molecule has 8 heteroatoms. The lowest BCUT2D eigenvalue weighted by molar-refractivity contribution is 0.0601. The minimum absolute atomic E-state index is 0.235. The van der Waals surface area contributed by atoms with Gasteiger partial charge in [0.15, 0.2) is 0 Å². The fourth-order valence-electron chi connectivity index (χ4n) is 3.11. The number of nitrogens with one attached hydrogen (secondary N) is 1. The number of carbonyl (C=O) groups is 1. The van der Waals surface area contributed by atoms with Crippen LogP contribution in [0.2, 0.25) is 10.0 Å². The summed E-state index contributed by atoms with van der Waals surface area (Å²) in [6.45, 7) is 3.91. The fourth-order valence-corrected chi connectivity index (χ4v) is 3.49. The maximum absolute atomic E-state index is 12.9. The van der Waals surface area contributed by atoms with Crippen molar-refractivity contribution in [2.45, 2.75) is 0 Å². The van der Waals surface area contributed by atoms with Crippen LogP contribution in [0.15, 0.2) is 63.8 Å². The van der Waals surface area contributed by atoms with Crippen molar-refractivity contribution >= 4 is 41.8 Å². The number of rotatable bonds is 4. The van der Waals surface area contributed by atoms with E-state index in [4.69, 9.17) is 32.4 Å². The molecular weight excluding hydrogens is 439 g/mol. The molecule has 0 unspecified atom stereocenters. The van der Waals surface area contributed by atoms with Crippen LogP contribution in [-0.4, -0.2) is 22.9 Å². The number of H-pyrrole nitrogens is 1. The molecule has 31 heavy (non-hydrogen) atoms. The molecule has 0 atom stereocenters. The molecule has 0 aliphatic heterocycles. The molecular formula is C23H16Cl2N2O4. The van der Waals surface area contributed by atoms with E-state index in [2.05, 4.69) is 11.7 Å². The first-order chi connectivity index (χ1) is 14.9. The van der Waals surface area contributed by atoms with E-state index in [0.29, 0.717) is 38.4 Å². The zero-order valence-corrected chi connectivity index (χ0v) is 17.8. The summed E-state index contributed by atoms with van der Waals surface area (Å²) in [5.74, 6) is 0.411. The Morgan fingerprint density at radius 3 is 2.71 bits per heavy atom. The number of aromatic amines is 1. The summed E-state index contributed by atoms with van der Waals surface area (Å²) in [6.07, 6.45) is 1.60. The fraction of sp³-hybridized carbons (Fsp3) is 0.0435. The Morgan fingerprint density at radius 1 is 1.16 bits per heavy atom. The molecule has 2 heterocycles. The average Bonchev–Trinajstić information content (AvgIpc) is 3.34. The van der Waals surface area contributed by atoms with E-state index in [1.165, 1.54) is 11.8 Å². The first-order valence-electron chi connectivity index (χ1n) is 9.13. The predicted molar refractivity (Wildman–Crippen MR) is 120 cm³/mol. The number of nitrogens with zero attached hydrogens (tertiary/aromatic N) is 1. The van der Waals surface area contributed by atoms with Gasteiger partial charge in [0, 0.05) is 10.6 Å². The van der Waals surface area contributed by atoms with Crippen LogP contribution in [-0.2, 0) is 4.74 Å². The Balaban J connectivity index is 1.74. The molecule has 0 fully saturated rings. The van der Waals surface area contributed by atoms with Crippen molar-refractivity contribution < 1.29 is 13.9 Å². The molecule has 2 aromatic carbocycles. The van der Waals surface area contributed by atoms with Gasteiger partial charge in [0.1, 0.15) is 11.5 Å². The van der Waals surface area contributed by atoms with Crippen molar-refractivity contribution in [3.63, 3.8) is 0 Å². The van der Waals surface area contributed by atoms with E-state index < -0.39 is 5.97 Å². The summed E-state index contributed by atoms with van der Waals surface area (Å²) in [4.78, 5) is 24.8. The van der Waals surface area contributed by atoms with Crippen LogP contribution >= 0.6 is 23.2 Å². The van der Waals surface area contributed by atoms with Gasteiger partial charge in [-0.05, 0) is 54.6 Å². The third-order valence-corrected chi connectivity index (χ3v) is 5.21. The van der Waals surface area contributed by atoms with Gasteiger partial charge in [-0.2, -0.15) is 0 Å². The Labute approximate surface area is 186 Å². The number of aromatic nitrogens is 2. The first-order valence-corrected chi connectivity index (χ1v) is 9.88. The normalized spacial score (nSPS) is 11.6. The zero-order chi connectivity index (χ0) is 22.1. The second-order valence-corrected chi connectivity index (χ2v) is 7.50. The highest BCUT2D eigenvalue weighted by Crippen LogP contribution is 2.27. The van der Waals surface area contributed by atoms with Gasteiger partial charge in [-0.15, -0.1) is 0 Å². The van der Waals surface area contributed by atoms with Gasteiger partial charge in [0.05, 0.1) is 34.0 Å². The number of benzene rings is 2. The molecule has 4 aromatic rings. The standard InChI is InChI=1S/C23H16Cl2N2O4/c1-13-18(22(28)27(26-13)16-5-3-4-15(24)11-16)12-17-7-9-21(31-17)14-6-8-20(25)19(10-14)23(29)30-2/h3-12,26H,1H2,2H3/b18-12-. The van der Waals surface area contributed by atoms with Gasteiger partial charge < -0.3 is 9.15 Å². The number of methoxy groups -OCH3 is 1. The van der Waals surface area contributed by atoms with Crippen LogP contribution in [0.5, 0.6) is 0 Å². The molecule has 0 spiro atoms. The Morgan fingerprint density at radius 2 is 1.97 bits per heavy atom.